The van der Waals surface area contributed by atoms with Crippen LogP contribution in [0.25, 0.3) is 0 Å². The van der Waals surface area contributed by atoms with Gasteiger partial charge in [-0.2, -0.15) is 0 Å². The van der Waals surface area contributed by atoms with Crippen LogP contribution in [0.3, 0.4) is 0 Å². The van der Waals surface area contributed by atoms with Crippen LogP contribution in [-0.4, -0.2) is 108 Å². The molecule has 0 aromatic carbocycles. The number of hydrogen-bond acceptors (Lipinski definition) is 10. The molecule has 2 atom stereocenters. The van der Waals surface area contributed by atoms with Gasteiger partial charge in [0.1, 0.15) is 38.7 Å². The third-order valence-corrected chi connectivity index (χ3v) is 2.85. The molecule has 10 nitrogen and oxygen atoms in total. The van der Waals surface area contributed by atoms with E-state index in [4.69, 9.17) is 48.5 Å². The highest BCUT2D eigenvalue weighted by molar-refractivity contribution is 4.60. The molecule has 0 saturated heterocycles. The van der Waals surface area contributed by atoms with Gasteiger partial charge >= 0.3 is 0 Å². The number of hydrogen-bond donors (Lipinski definition) is 3. The summed E-state index contributed by atoms with van der Waals surface area (Å²) >= 11 is 0. The quantitative estimate of drug-likeness (QED) is 0.245. The Balaban J connectivity index is 4.05. The van der Waals surface area contributed by atoms with Gasteiger partial charge in [-0.05, 0) is 0 Å². The molecule has 0 aromatic heterocycles. The second kappa shape index (κ2) is 17.4. The van der Waals surface area contributed by atoms with E-state index < -0.39 is 38.7 Å². The Kier molecular flexibility index (Phi) is 17.1. The summed E-state index contributed by atoms with van der Waals surface area (Å²) in [6.07, 6.45) is -1.30. The minimum absolute atomic E-state index is 0.158. The van der Waals surface area contributed by atoms with E-state index in [0.717, 1.165) is 0 Å². The zero-order chi connectivity index (χ0) is 18.0. The summed E-state index contributed by atoms with van der Waals surface area (Å²) in [4.78, 5) is 0. The Morgan fingerprint density at radius 2 is 0.833 bits per heavy atom. The van der Waals surface area contributed by atoms with Gasteiger partial charge in [0.25, 0.3) is 0 Å². The Bertz CT molecular complexity index is 222. The highest BCUT2D eigenvalue weighted by Gasteiger charge is 2.15. The SMILES string of the molecule is COCC(COCC(COCC(COC)OCO)OCO)OCO. The molecule has 2 unspecified atom stereocenters. The average Bonchev–Trinajstić information content (AvgIpc) is 2.55. The molecule has 0 heterocycles. The fourth-order valence-electron chi connectivity index (χ4n) is 1.78. The summed E-state index contributed by atoms with van der Waals surface area (Å²) in [5, 5.41) is 26.4. The molecule has 0 spiro atoms. The van der Waals surface area contributed by atoms with Crippen LogP contribution in [0.1, 0.15) is 0 Å². The zero-order valence-electron chi connectivity index (χ0n) is 14.3. The van der Waals surface area contributed by atoms with Crippen molar-refractivity contribution in [3.05, 3.63) is 0 Å². The fourth-order valence-corrected chi connectivity index (χ4v) is 1.78. The lowest BCUT2D eigenvalue weighted by Crippen LogP contribution is -2.33. The van der Waals surface area contributed by atoms with Crippen molar-refractivity contribution >= 4 is 0 Å². The molecule has 0 aliphatic carbocycles. The molecule has 0 aliphatic rings. The van der Waals surface area contributed by atoms with Crippen molar-refractivity contribution in [3.63, 3.8) is 0 Å². The first-order valence-electron chi connectivity index (χ1n) is 7.52. The standard InChI is InChI=1S/C14H30O10/c1-18-3-12(22-9-15)5-20-7-14(24-11-17)8-21-6-13(4-19-2)23-10-16/h12-17H,3-11H2,1-2H3. The summed E-state index contributed by atoms with van der Waals surface area (Å²) in [6.45, 7) is -0.0677. The highest BCUT2D eigenvalue weighted by Crippen LogP contribution is 2.01. The predicted molar refractivity (Wildman–Crippen MR) is 81.3 cm³/mol. The van der Waals surface area contributed by atoms with Gasteiger partial charge in [0.2, 0.25) is 0 Å². The van der Waals surface area contributed by atoms with Gasteiger partial charge in [0.05, 0.1) is 39.6 Å². The minimum atomic E-state index is -0.496. The molecule has 0 aromatic rings. The van der Waals surface area contributed by atoms with Crippen LogP contribution in [0.4, 0.5) is 0 Å². The molecule has 0 amide bonds. The Morgan fingerprint density at radius 1 is 0.542 bits per heavy atom. The fraction of sp³-hybridized carbons (Fsp3) is 1.00. The molecule has 0 saturated carbocycles. The van der Waals surface area contributed by atoms with Gasteiger partial charge in [0.15, 0.2) is 0 Å². The van der Waals surface area contributed by atoms with Gasteiger partial charge < -0.3 is 48.5 Å². The second-order valence-corrected chi connectivity index (χ2v) is 4.74. The molecule has 146 valence electrons. The van der Waals surface area contributed by atoms with Crippen molar-refractivity contribution in [2.45, 2.75) is 18.3 Å². The third kappa shape index (κ3) is 13.0. The average molecular weight is 358 g/mol. The number of aliphatic hydroxyl groups is 3. The molecule has 0 fully saturated rings. The number of aliphatic hydroxyl groups excluding tert-OH is 3. The van der Waals surface area contributed by atoms with E-state index in [1.807, 2.05) is 0 Å². The van der Waals surface area contributed by atoms with Crippen molar-refractivity contribution in [1.82, 2.24) is 0 Å². The number of rotatable bonds is 18. The Hall–Kier alpha value is -0.400. The third-order valence-electron chi connectivity index (χ3n) is 2.85. The lowest BCUT2D eigenvalue weighted by atomic mass is 10.3. The van der Waals surface area contributed by atoms with Gasteiger partial charge in [-0.15, -0.1) is 0 Å². The van der Waals surface area contributed by atoms with E-state index in [2.05, 4.69) is 0 Å². The maximum atomic E-state index is 8.90. The predicted octanol–water partition coefficient (Wildman–Crippen LogP) is -1.68. The molecule has 0 radical (unpaired) electrons. The van der Waals surface area contributed by atoms with E-state index >= 15 is 0 Å². The summed E-state index contributed by atoms with van der Waals surface area (Å²) in [5.74, 6) is 0. The molecule has 0 bridgehead atoms. The normalized spacial score (nSPS) is 15.4. The largest absolute Gasteiger partial charge is 0.382 e. The smallest absolute Gasteiger partial charge is 0.144 e. The molecule has 0 aliphatic heterocycles. The second-order valence-electron chi connectivity index (χ2n) is 4.74. The summed E-state index contributed by atoms with van der Waals surface area (Å²) in [7, 11) is 3.04. The molecule has 3 N–H and O–H groups in total. The first kappa shape index (κ1) is 23.6. The first-order chi connectivity index (χ1) is 11.7. The summed E-state index contributed by atoms with van der Waals surface area (Å²) in [5.41, 5.74) is 0. The van der Waals surface area contributed by atoms with Crippen LogP contribution in [0.2, 0.25) is 0 Å². The van der Waals surface area contributed by atoms with Crippen molar-refractivity contribution in [1.29, 1.82) is 0 Å². The van der Waals surface area contributed by atoms with E-state index in [1.165, 1.54) is 14.2 Å². The molecular formula is C14H30O10. The first-order valence-corrected chi connectivity index (χ1v) is 7.52. The maximum Gasteiger partial charge on any atom is 0.144 e. The maximum absolute atomic E-state index is 8.90. The van der Waals surface area contributed by atoms with Crippen molar-refractivity contribution in [2.75, 3.05) is 74.2 Å². The monoisotopic (exact) mass is 358 g/mol. The van der Waals surface area contributed by atoms with E-state index in [0.29, 0.717) is 0 Å². The molecule has 10 heteroatoms. The number of ether oxygens (including phenoxy) is 7. The van der Waals surface area contributed by atoms with Crippen LogP contribution in [0, 0.1) is 0 Å². The highest BCUT2D eigenvalue weighted by atomic mass is 16.6. The van der Waals surface area contributed by atoms with Crippen LogP contribution >= 0.6 is 0 Å². The minimum Gasteiger partial charge on any atom is -0.382 e. The van der Waals surface area contributed by atoms with Gasteiger partial charge in [-0.3, -0.25) is 0 Å². The molecule has 24 heavy (non-hydrogen) atoms. The number of methoxy groups -OCH3 is 2. The van der Waals surface area contributed by atoms with Crippen molar-refractivity contribution < 1.29 is 48.5 Å². The van der Waals surface area contributed by atoms with Gasteiger partial charge in [-0.25, -0.2) is 0 Å². The van der Waals surface area contributed by atoms with E-state index in [-0.39, 0.29) is 39.6 Å². The van der Waals surface area contributed by atoms with Crippen LogP contribution in [0.15, 0.2) is 0 Å². The van der Waals surface area contributed by atoms with Crippen LogP contribution in [0.5, 0.6) is 0 Å². The van der Waals surface area contributed by atoms with Crippen molar-refractivity contribution in [3.8, 4) is 0 Å². The lowest BCUT2D eigenvalue weighted by Gasteiger charge is -2.21. The lowest BCUT2D eigenvalue weighted by molar-refractivity contribution is -0.145. The van der Waals surface area contributed by atoms with Crippen LogP contribution in [-0.2, 0) is 33.2 Å². The molecular weight excluding hydrogens is 328 g/mol. The molecule has 0 rings (SSSR count). The zero-order valence-corrected chi connectivity index (χ0v) is 14.3. The van der Waals surface area contributed by atoms with Crippen LogP contribution < -0.4 is 0 Å². The van der Waals surface area contributed by atoms with E-state index in [1.54, 1.807) is 0 Å². The van der Waals surface area contributed by atoms with E-state index in [9.17, 15) is 0 Å². The summed E-state index contributed by atoms with van der Waals surface area (Å²) in [6, 6.07) is 0. The van der Waals surface area contributed by atoms with Crippen molar-refractivity contribution in [2.24, 2.45) is 0 Å². The van der Waals surface area contributed by atoms with Gasteiger partial charge in [-0.1, -0.05) is 0 Å². The van der Waals surface area contributed by atoms with Gasteiger partial charge in [0, 0.05) is 14.2 Å². The summed E-state index contributed by atoms with van der Waals surface area (Å²) < 4.78 is 35.9. The Labute approximate surface area is 142 Å². The topological polar surface area (TPSA) is 125 Å². The Morgan fingerprint density at radius 3 is 1.08 bits per heavy atom.